The van der Waals surface area contributed by atoms with Crippen molar-refractivity contribution in [1.82, 2.24) is 20.6 Å². The second-order valence-corrected chi connectivity index (χ2v) is 1.46. The highest BCUT2D eigenvalue weighted by Crippen LogP contribution is 2.03. The molecule has 3 N–H and O–H groups in total. The molecule has 0 aliphatic heterocycles. The van der Waals surface area contributed by atoms with Crippen molar-refractivity contribution in [2.24, 2.45) is 5.84 Å². The van der Waals surface area contributed by atoms with Gasteiger partial charge in [-0.15, -0.1) is 10.2 Å². The van der Waals surface area contributed by atoms with E-state index in [-0.39, 0.29) is 0 Å². The molecule has 1 aromatic heterocycles. The van der Waals surface area contributed by atoms with E-state index in [4.69, 9.17) is 5.84 Å². The van der Waals surface area contributed by atoms with Gasteiger partial charge in [-0.05, 0) is 16.5 Å². The quantitative estimate of drug-likeness (QED) is 0.410. The number of nitrogens with two attached hydrogens (primary N) is 1. The van der Waals surface area contributed by atoms with E-state index >= 15 is 0 Å². The van der Waals surface area contributed by atoms with Crippen LogP contribution in [0.2, 0.25) is 0 Å². The molecule has 1 rings (SSSR count). The number of nitrogens with one attached hydrogen (secondary N) is 1. The number of aromatic nitrogens is 4. The lowest BCUT2D eigenvalue weighted by atomic mass is 10.4. The Balaban J connectivity index is 3.08. The van der Waals surface area contributed by atoms with E-state index in [1.165, 1.54) is 6.08 Å². The van der Waals surface area contributed by atoms with E-state index in [1.807, 2.05) is 0 Å². The van der Waals surface area contributed by atoms with Crippen molar-refractivity contribution in [1.29, 1.82) is 0 Å². The Kier molecular flexibility index (Phi) is 1.86. The van der Waals surface area contributed by atoms with Crippen LogP contribution in [0.5, 0.6) is 0 Å². The normalized spacial score (nSPS) is 8.90. The van der Waals surface area contributed by atoms with Crippen molar-refractivity contribution in [2.75, 3.05) is 5.43 Å². The third-order valence-corrected chi connectivity index (χ3v) is 0.910. The Labute approximate surface area is 57.1 Å². The molecule has 0 unspecified atom stereocenters. The average Bonchev–Trinajstić information content (AvgIpc) is 2.04. The summed E-state index contributed by atoms with van der Waals surface area (Å²) in [5.74, 6) is 5.42. The zero-order chi connectivity index (χ0) is 7.40. The first kappa shape index (κ1) is 6.56. The van der Waals surface area contributed by atoms with Crippen LogP contribution in [0, 0.1) is 0 Å². The molecule has 10 heavy (non-hydrogen) atoms. The summed E-state index contributed by atoms with van der Waals surface area (Å²) in [6.07, 6.45) is 1.48. The lowest BCUT2D eigenvalue weighted by Gasteiger charge is -1.96. The van der Waals surface area contributed by atoms with Gasteiger partial charge in [-0.25, -0.2) is 5.84 Å². The van der Waals surface area contributed by atoms with Crippen molar-refractivity contribution in [2.45, 2.75) is 0 Å². The fraction of sp³-hybridized carbons (Fsp3) is 0. The van der Waals surface area contributed by atoms with E-state index < -0.39 is 0 Å². The highest BCUT2D eigenvalue weighted by molar-refractivity contribution is 5.55. The van der Waals surface area contributed by atoms with Gasteiger partial charge in [0.25, 0.3) is 0 Å². The van der Waals surface area contributed by atoms with Gasteiger partial charge in [-0.3, -0.25) is 0 Å². The van der Waals surface area contributed by atoms with Crippen molar-refractivity contribution in [3.8, 4) is 0 Å². The molecular formula is C4H6N6. The molecule has 0 saturated heterocycles. The summed E-state index contributed by atoms with van der Waals surface area (Å²) in [6.45, 7) is 3.47. The summed E-state index contributed by atoms with van der Waals surface area (Å²) in [5.41, 5.74) is 2.78. The van der Waals surface area contributed by atoms with E-state index in [2.05, 4.69) is 32.6 Å². The van der Waals surface area contributed by atoms with E-state index in [9.17, 15) is 0 Å². The zero-order valence-electron chi connectivity index (χ0n) is 5.15. The Bertz CT molecular complexity index is 233. The number of anilines is 1. The third-order valence-electron chi connectivity index (χ3n) is 0.910. The van der Waals surface area contributed by atoms with Gasteiger partial charge in [-0.2, -0.15) is 0 Å². The Hall–Kier alpha value is -1.56. The lowest BCUT2D eigenvalue weighted by Crippen LogP contribution is -2.12. The SMILES string of the molecule is C=Cc1nnnnc1NN. The molecule has 0 fully saturated rings. The molecular weight excluding hydrogens is 132 g/mol. The standard InChI is InChI=1S/C4H6N6/c1-2-3-4(6-5)8-10-9-7-3/h2H,1,5H2,(H,6,8,9). The monoisotopic (exact) mass is 138 g/mol. The molecule has 6 nitrogen and oxygen atoms in total. The maximum absolute atomic E-state index is 5.06. The molecule has 0 bridgehead atoms. The van der Waals surface area contributed by atoms with Gasteiger partial charge < -0.3 is 5.43 Å². The largest absolute Gasteiger partial charge is 0.305 e. The van der Waals surface area contributed by atoms with Crippen LogP contribution in [-0.2, 0) is 0 Å². The first-order valence-electron chi connectivity index (χ1n) is 2.53. The fourth-order valence-corrected chi connectivity index (χ4v) is 0.472. The molecule has 1 aromatic rings. The number of nitrogens with zero attached hydrogens (tertiary/aromatic N) is 4. The topological polar surface area (TPSA) is 89.6 Å². The van der Waals surface area contributed by atoms with Gasteiger partial charge in [0.2, 0.25) is 0 Å². The maximum Gasteiger partial charge on any atom is 0.192 e. The van der Waals surface area contributed by atoms with Crippen LogP contribution in [0.1, 0.15) is 5.69 Å². The number of hydrogen-bond donors (Lipinski definition) is 2. The Morgan fingerprint density at radius 1 is 1.40 bits per heavy atom. The number of rotatable bonds is 2. The summed E-state index contributed by atoms with van der Waals surface area (Å²) in [7, 11) is 0. The fourth-order valence-electron chi connectivity index (χ4n) is 0.472. The number of hydrazine groups is 1. The predicted molar refractivity (Wildman–Crippen MR) is 35.5 cm³/mol. The molecule has 52 valence electrons. The minimum Gasteiger partial charge on any atom is -0.305 e. The van der Waals surface area contributed by atoms with Crippen molar-refractivity contribution in [3.63, 3.8) is 0 Å². The molecule has 0 aliphatic carbocycles. The molecule has 0 aliphatic rings. The van der Waals surface area contributed by atoms with Gasteiger partial charge in [0.1, 0.15) is 5.69 Å². The molecule has 0 amide bonds. The summed E-state index contributed by atoms with van der Waals surface area (Å²) in [6, 6.07) is 0. The summed E-state index contributed by atoms with van der Waals surface area (Å²) < 4.78 is 0. The average molecular weight is 138 g/mol. The van der Waals surface area contributed by atoms with Gasteiger partial charge >= 0.3 is 0 Å². The summed E-state index contributed by atoms with van der Waals surface area (Å²) >= 11 is 0. The second-order valence-electron chi connectivity index (χ2n) is 1.46. The minimum atomic E-state index is 0.366. The number of nitrogen functional groups attached to an aromatic ring is 1. The van der Waals surface area contributed by atoms with Gasteiger partial charge in [-0.1, -0.05) is 6.58 Å². The first-order chi connectivity index (χ1) is 4.88. The van der Waals surface area contributed by atoms with Gasteiger partial charge in [0.05, 0.1) is 0 Å². The van der Waals surface area contributed by atoms with E-state index in [0.717, 1.165) is 0 Å². The molecule has 1 heterocycles. The van der Waals surface area contributed by atoms with Crippen LogP contribution in [0.25, 0.3) is 6.08 Å². The Morgan fingerprint density at radius 3 is 2.60 bits per heavy atom. The van der Waals surface area contributed by atoms with Crippen LogP contribution in [0.15, 0.2) is 6.58 Å². The molecule has 6 heteroatoms. The van der Waals surface area contributed by atoms with Crippen molar-refractivity contribution >= 4 is 11.9 Å². The predicted octanol–water partition coefficient (Wildman–Crippen LogP) is -0.805. The molecule has 0 spiro atoms. The minimum absolute atomic E-state index is 0.366. The van der Waals surface area contributed by atoms with Crippen molar-refractivity contribution in [3.05, 3.63) is 12.3 Å². The summed E-state index contributed by atoms with van der Waals surface area (Å²) in [4.78, 5) is 0. The highest BCUT2D eigenvalue weighted by Gasteiger charge is 1.98. The van der Waals surface area contributed by atoms with Crippen LogP contribution in [0.3, 0.4) is 0 Å². The molecule has 0 saturated carbocycles. The summed E-state index contributed by atoms with van der Waals surface area (Å²) in [5, 5.41) is 13.7. The zero-order valence-corrected chi connectivity index (χ0v) is 5.15. The van der Waals surface area contributed by atoms with Crippen LogP contribution >= 0.6 is 0 Å². The van der Waals surface area contributed by atoms with Gasteiger partial charge in [0, 0.05) is 0 Å². The second kappa shape index (κ2) is 2.83. The van der Waals surface area contributed by atoms with E-state index in [1.54, 1.807) is 0 Å². The van der Waals surface area contributed by atoms with E-state index in [0.29, 0.717) is 11.5 Å². The highest BCUT2D eigenvalue weighted by atomic mass is 15.5. The van der Waals surface area contributed by atoms with Gasteiger partial charge in [0.15, 0.2) is 5.82 Å². The molecule has 0 radical (unpaired) electrons. The van der Waals surface area contributed by atoms with Crippen LogP contribution in [0.4, 0.5) is 5.82 Å². The Morgan fingerprint density at radius 2 is 2.10 bits per heavy atom. The van der Waals surface area contributed by atoms with Crippen molar-refractivity contribution < 1.29 is 0 Å². The lowest BCUT2D eigenvalue weighted by molar-refractivity contribution is 0.759. The van der Waals surface area contributed by atoms with Crippen LogP contribution in [-0.4, -0.2) is 20.6 Å². The number of hydrogen-bond acceptors (Lipinski definition) is 6. The molecule has 0 atom stereocenters. The first-order valence-corrected chi connectivity index (χ1v) is 2.53. The molecule has 0 aromatic carbocycles. The maximum atomic E-state index is 5.06. The van der Waals surface area contributed by atoms with Crippen LogP contribution < -0.4 is 11.3 Å². The smallest absolute Gasteiger partial charge is 0.192 e. The third kappa shape index (κ3) is 1.06.